The quantitative estimate of drug-likeness (QED) is 0.775. The molecular formula is C13H21N3O2S. The van der Waals surface area contributed by atoms with Crippen LogP contribution in [0.1, 0.15) is 42.6 Å². The predicted octanol–water partition coefficient (Wildman–Crippen LogP) is 2.15. The van der Waals surface area contributed by atoms with Crippen LogP contribution in [0.3, 0.4) is 0 Å². The zero-order valence-corrected chi connectivity index (χ0v) is 12.4. The maximum atomic E-state index is 11.6. The van der Waals surface area contributed by atoms with E-state index >= 15 is 0 Å². The molecule has 1 aliphatic rings. The summed E-state index contributed by atoms with van der Waals surface area (Å²) in [5.41, 5.74) is 0. The molecule has 1 saturated heterocycles. The maximum Gasteiger partial charge on any atom is 0.307 e. The second kappa shape index (κ2) is 6.96. The second-order valence-corrected chi connectivity index (χ2v) is 6.11. The molecule has 2 heterocycles. The highest BCUT2D eigenvalue weighted by molar-refractivity contribution is 7.11. The van der Waals surface area contributed by atoms with Crippen molar-refractivity contribution in [3.8, 4) is 0 Å². The van der Waals surface area contributed by atoms with Gasteiger partial charge in [-0.15, -0.1) is 21.5 Å². The number of esters is 1. The van der Waals surface area contributed by atoms with Crippen molar-refractivity contribution in [3.05, 3.63) is 10.0 Å². The van der Waals surface area contributed by atoms with Gasteiger partial charge in [0, 0.05) is 6.04 Å². The highest BCUT2D eigenvalue weighted by Crippen LogP contribution is 2.23. The molecule has 1 atom stereocenters. The number of carbonyl (C=O) groups is 1. The highest BCUT2D eigenvalue weighted by atomic mass is 32.1. The van der Waals surface area contributed by atoms with E-state index < -0.39 is 0 Å². The Morgan fingerprint density at radius 3 is 3.00 bits per heavy atom. The number of rotatable bonds is 5. The van der Waals surface area contributed by atoms with Crippen molar-refractivity contribution in [1.82, 2.24) is 15.1 Å². The van der Waals surface area contributed by atoms with Gasteiger partial charge in [0.1, 0.15) is 10.0 Å². The summed E-state index contributed by atoms with van der Waals surface area (Å²) in [4.78, 5) is 14.0. The molecule has 0 bridgehead atoms. The van der Waals surface area contributed by atoms with Crippen LogP contribution in [0.5, 0.6) is 0 Å². The number of carbonyl (C=O) groups excluding carboxylic acids is 1. The Kier molecular flexibility index (Phi) is 5.27. The fourth-order valence-electron chi connectivity index (χ4n) is 2.49. The molecule has 6 heteroatoms. The lowest BCUT2D eigenvalue weighted by atomic mass is 9.99. The van der Waals surface area contributed by atoms with E-state index in [1.165, 1.54) is 12.8 Å². The molecule has 0 aliphatic carbocycles. The first-order chi connectivity index (χ1) is 9.19. The van der Waals surface area contributed by atoms with E-state index in [0.717, 1.165) is 29.5 Å². The topological polar surface area (TPSA) is 55.3 Å². The van der Waals surface area contributed by atoms with Gasteiger partial charge in [0.05, 0.1) is 19.6 Å². The summed E-state index contributed by atoms with van der Waals surface area (Å²) in [6, 6.07) is 0.289. The number of hydrogen-bond donors (Lipinski definition) is 0. The van der Waals surface area contributed by atoms with Gasteiger partial charge in [0.25, 0.3) is 0 Å². The lowest BCUT2D eigenvalue weighted by Gasteiger charge is -2.34. The second-order valence-electron chi connectivity index (χ2n) is 4.84. The number of ether oxygens (including phenoxy) is 1. The number of aryl methyl sites for hydroxylation is 1. The first kappa shape index (κ1) is 14.4. The van der Waals surface area contributed by atoms with Crippen LogP contribution >= 0.6 is 11.3 Å². The molecule has 19 heavy (non-hydrogen) atoms. The summed E-state index contributed by atoms with van der Waals surface area (Å²) in [5, 5.41) is 10.2. The van der Waals surface area contributed by atoms with Crippen LogP contribution in [0, 0.1) is 6.92 Å². The average molecular weight is 283 g/mol. The molecule has 1 aromatic rings. The van der Waals surface area contributed by atoms with Crippen molar-refractivity contribution in [3.63, 3.8) is 0 Å². The van der Waals surface area contributed by atoms with Gasteiger partial charge >= 0.3 is 5.97 Å². The zero-order chi connectivity index (χ0) is 13.7. The van der Waals surface area contributed by atoms with E-state index in [0.29, 0.717) is 13.0 Å². The summed E-state index contributed by atoms with van der Waals surface area (Å²) < 4.78 is 5.06. The lowest BCUT2D eigenvalue weighted by Crippen LogP contribution is -2.40. The summed E-state index contributed by atoms with van der Waals surface area (Å²) >= 11 is 1.63. The minimum absolute atomic E-state index is 0.0900. The molecule has 0 saturated carbocycles. The van der Waals surface area contributed by atoms with Gasteiger partial charge < -0.3 is 4.74 Å². The Balaban J connectivity index is 1.93. The largest absolute Gasteiger partial charge is 0.466 e. The van der Waals surface area contributed by atoms with Gasteiger partial charge in [-0.25, -0.2) is 0 Å². The summed E-state index contributed by atoms with van der Waals surface area (Å²) in [6.45, 7) is 6.10. The van der Waals surface area contributed by atoms with E-state index in [1.807, 2.05) is 13.8 Å². The minimum Gasteiger partial charge on any atom is -0.466 e. The SMILES string of the molecule is CCOC(=O)CC1CCCCN1Cc1nnc(C)s1. The summed E-state index contributed by atoms with van der Waals surface area (Å²) in [5.74, 6) is -0.0900. The smallest absolute Gasteiger partial charge is 0.307 e. The molecule has 0 N–H and O–H groups in total. The molecule has 1 aliphatic heterocycles. The standard InChI is InChI=1S/C13H21N3O2S/c1-3-18-13(17)8-11-6-4-5-7-16(11)9-12-15-14-10(2)19-12/h11H,3-9H2,1-2H3. The number of aromatic nitrogens is 2. The van der Waals surface area contributed by atoms with Gasteiger partial charge in [0.15, 0.2) is 0 Å². The van der Waals surface area contributed by atoms with Crippen LogP contribution in [-0.4, -0.2) is 40.3 Å². The van der Waals surface area contributed by atoms with Crippen molar-refractivity contribution in [2.45, 2.75) is 52.1 Å². The monoisotopic (exact) mass is 283 g/mol. The van der Waals surface area contributed by atoms with Crippen LogP contribution in [0.4, 0.5) is 0 Å². The van der Waals surface area contributed by atoms with Crippen molar-refractivity contribution >= 4 is 17.3 Å². The Morgan fingerprint density at radius 1 is 1.47 bits per heavy atom. The predicted molar refractivity (Wildman–Crippen MR) is 73.9 cm³/mol. The lowest BCUT2D eigenvalue weighted by molar-refractivity contribution is -0.145. The molecule has 106 valence electrons. The van der Waals surface area contributed by atoms with Crippen LogP contribution in [0.25, 0.3) is 0 Å². The molecule has 1 fully saturated rings. The van der Waals surface area contributed by atoms with E-state index in [2.05, 4.69) is 15.1 Å². The fourth-order valence-corrected chi connectivity index (χ4v) is 3.22. The molecule has 1 aromatic heterocycles. The Hall–Kier alpha value is -1.01. The van der Waals surface area contributed by atoms with E-state index in [9.17, 15) is 4.79 Å². The first-order valence-electron chi connectivity index (χ1n) is 6.87. The third-order valence-corrected chi connectivity index (χ3v) is 4.19. The molecule has 5 nitrogen and oxygen atoms in total. The molecule has 0 radical (unpaired) electrons. The van der Waals surface area contributed by atoms with Gasteiger partial charge in [0.2, 0.25) is 0 Å². The van der Waals surface area contributed by atoms with Crippen LogP contribution in [-0.2, 0) is 16.1 Å². The molecule has 0 amide bonds. The minimum atomic E-state index is -0.0900. The maximum absolute atomic E-state index is 11.6. The normalized spacial score (nSPS) is 20.4. The van der Waals surface area contributed by atoms with E-state index in [1.54, 1.807) is 11.3 Å². The Labute approximate surface area is 118 Å². The number of hydrogen-bond acceptors (Lipinski definition) is 6. The molecular weight excluding hydrogens is 262 g/mol. The number of piperidine rings is 1. The summed E-state index contributed by atoms with van der Waals surface area (Å²) in [7, 11) is 0. The van der Waals surface area contributed by atoms with Crippen LogP contribution < -0.4 is 0 Å². The van der Waals surface area contributed by atoms with Crippen LogP contribution in [0.15, 0.2) is 0 Å². The highest BCUT2D eigenvalue weighted by Gasteiger charge is 2.26. The van der Waals surface area contributed by atoms with E-state index in [-0.39, 0.29) is 12.0 Å². The number of nitrogens with zero attached hydrogens (tertiary/aromatic N) is 3. The summed E-state index contributed by atoms with van der Waals surface area (Å²) in [6.07, 6.45) is 3.94. The van der Waals surface area contributed by atoms with Gasteiger partial charge in [-0.05, 0) is 33.2 Å². The third-order valence-electron chi connectivity index (χ3n) is 3.36. The Bertz CT molecular complexity index is 422. The van der Waals surface area contributed by atoms with E-state index in [4.69, 9.17) is 4.74 Å². The van der Waals surface area contributed by atoms with Crippen molar-refractivity contribution in [1.29, 1.82) is 0 Å². The third kappa shape index (κ3) is 4.24. The van der Waals surface area contributed by atoms with Crippen LogP contribution in [0.2, 0.25) is 0 Å². The van der Waals surface area contributed by atoms with Crippen molar-refractivity contribution in [2.75, 3.05) is 13.2 Å². The van der Waals surface area contributed by atoms with Crippen molar-refractivity contribution < 1.29 is 9.53 Å². The van der Waals surface area contributed by atoms with Gasteiger partial charge in [-0.1, -0.05) is 6.42 Å². The molecule has 0 aromatic carbocycles. The molecule has 2 rings (SSSR count). The molecule has 1 unspecified atom stereocenters. The Morgan fingerprint density at radius 2 is 2.32 bits per heavy atom. The molecule has 0 spiro atoms. The van der Waals surface area contributed by atoms with Gasteiger partial charge in [-0.2, -0.15) is 0 Å². The van der Waals surface area contributed by atoms with Crippen molar-refractivity contribution in [2.24, 2.45) is 0 Å². The fraction of sp³-hybridized carbons (Fsp3) is 0.769. The first-order valence-corrected chi connectivity index (χ1v) is 7.69. The number of likely N-dealkylation sites (tertiary alicyclic amines) is 1. The zero-order valence-electron chi connectivity index (χ0n) is 11.6. The van der Waals surface area contributed by atoms with Gasteiger partial charge in [-0.3, -0.25) is 9.69 Å². The average Bonchev–Trinajstić information content (AvgIpc) is 2.78.